The Morgan fingerprint density at radius 1 is 1.28 bits per heavy atom. The van der Waals surface area contributed by atoms with Gasteiger partial charge in [0.25, 0.3) is 0 Å². The van der Waals surface area contributed by atoms with Crippen LogP contribution in [-0.2, 0) is 0 Å². The zero-order valence-electron chi connectivity index (χ0n) is 11.0. The van der Waals surface area contributed by atoms with Crippen LogP contribution < -0.4 is 5.32 Å². The van der Waals surface area contributed by atoms with Crippen molar-refractivity contribution in [1.82, 2.24) is 5.32 Å². The molecule has 2 aromatic rings. The Labute approximate surface area is 118 Å². The molecule has 1 heterocycles. The quantitative estimate of drug-likeness (QED) is 0.854. The van der Waals surface area contributed by atoms with Gasteiger partial charge in [-0.3, -0.25) is 0 Å². The highest BCUT2D eigenvalue weighted by atomic mass is 35.5. The molecule has 1 nitrogen and oxygen atoms in total. The second kappa shape index (κ2) is 5.87. The maximum atomic E-state index is 6.09. The number of hydrogen-bond donors (Lipinski definition) is 1. The van der Waals surface area contributed by atoms with E-state index in [1.807, 2.05) is 29.5 Å². The zero-order valence-corrected chi connectivity index (χ0v) is 12.5. The van der Waals surface area contributed by atoms with E-state index in [1.54, 1.807) is 0 Å². The first-order valence-electron chi connectivity index (χ1n) is 6.17. The van der Waals surface area contributed by atoms with Crippen molar-refractivity contribution < 1.29 is 0 Å². The van der Waals surface area contributed by atoms with Gasteiger partial charge in [0, 0.05) is 14.8 Å². The molecule has 0 amide bonds. The molecule has 0 aliphatic rings. The molecule has 0 aliphatic heterocycles. The van der Waals surface area contributed by atoms with Crippen LogP contribution in [0.25, 0.3) is 0 Å². The van der Waals surface area contributed by atoms with Gasteiger partial charge in [-0.15, -0.1) is 11.3 Å². The zero-order chi connectivity index (χ0) is 13.1. The maximum Gasteiger partial charge on any atom is 0.0671 e. The normalized spacial score (nSPS) is 12.7. The van der Waals surface area contributed by atoms with Gasteiger partial charge < -0.3 is 5.32 Å². The summed E-state index contributed by atoms with van der Waals surface area (Å²) in [5, 5.41) is 4.33. The molecule has 1 aromatic carbocycles. The number of thiophene rings is 1. The number of hydrogen-bond acceptors (Lipinski definition) is 2. The Bertz CT molecular complexity index is 514. The second-order valence-corrected chi connectivity index (χ2v) is 6.16. The van der Waals surface area contributed by atoms with E-state index in [0.29, 0.717) is 0 Å². The summed E-state index contributed by atoms with van der Waals surface area (Å²) >= 11 is 7.95. The molecule has 0 radical (unpaired) electrons. The molecular formula is C15H18ClNS. The van der Waals surface area contributed by atoms with E-state index in [-0.39, 0.29) is 6.04 Å². The molecule has 1 aromatic heterocycles. The van der Waals surface area contributed by atoms with Gasteiger partial charge in [0.1, 0.15) is 0 Å². The highest BCUT2D eigenvalue weighted by molar-refractivity contribution is 7.12. The molecule has 1 atom stereocenters. The first-order chi connectivity index (χ1) is 8.61. The smallest absolute Gasteiger partial charge is 0.0671 e. The van der Waals surface area contributed by atoms with E-state index in [2.05, 4.69) is 38.2 Å². The van der Waals surface area contributed by atoms with Crippen molar-refractivity contribution in [3.63, 3.8) is 0 Å². The fourth-order valence-corrected chi connectivity index (χ4v) is 3.36. The molecule has 0 spiro atoms. The Morgan fingerprint density at radius 2 is 2.06 bits per heavy atom. The van der Waals surface area contributed by atoms with Crippen molar-refractivity contribution in [3.05, 3.63) is 56.2 Å². The Kier molecular flexibility index (Phi) is 4.44. The highest BCUT2D eigenvalue weighted by Gasteiger charge is 2.16. The average molecular weight is 280 g/mol. The van der Waals surface area contributed by atoms with Crippen LogP contribution in [0.1, 0.15) is 33.8 Å². The van der Waals surface area contributed by atoms with Crippen molar-refractivity contribution in [1.29, 1.82) is 0 Å². The fraction of sp³-hybridized carbons (Fsp3) is 0.333. The molecule has 0 saturated heterocycles. The summed E-state index contributed by atoms with van der Waals surface area (Å²) in [6.45, 7) is 7.40. The van der Waals surface area contributed by atoms with E-state index in [9.17, 15) is 0 Å². The summed E-state index contributed by atoms with van der Waals surface area (Å²) < 4.78 is 0. The van der Waals surface area contributed by atoms with Crippen molar-refractivity contribution in [2.45, 2.75) is 26.8 Å². The Morgan fingerprint density at radius 3 is 2.61 bits per heavy atom. The Hall–Kier alpha value is -0.830. The van der Waals surface area contributed by atoms with Gasteiger partial charge in [0.2, 0.25) is 0 Å². The summed E-state index contributed by atoms with van der Waals surface area (Å²) in [5.74, 6) is 0. The van der Waals surface area contributed by atoms with Crippen molar-refractivity contribution in [3.8, 4) is 0 Å². The summed E-state index contributed by atoms with van der Waals surface area (Å²) in [6.07, 6.45) is 0. The predicted molar refractivity (Wildman–Crippen MR) is 80.8 cm³/mol. The third kappa shape index (κ3) is 2.94. The highest BCUT2D eigenvalue weighted by Crippen LogP contribution is 2.31. The standard InChI is InChI=1S/C15H18ClNS/c1-4-17-15(12-6-5-7-13(16)9-12)14-8-10(2)11(3)18-14/h5-9,15,17H,4H2,1-3H3. The number of halogens is 1. The minimum Gasteiger partial charge on any atom is -0.306 e. The fourth-order valence-electron chi connectivity index (χ4n) is 2.02. The second-order valence-electron chi connectivity index (χ2n) is 4.43. The van der Waals surface area contributed by atoms with E-state index in [4.69, 9.17) is 11.6 Å². The molecule has 3 heteroatoms. The first kappa shape index (κ1) is 13.6. The van der Waals surface area contributed by atoms with Crippen LogP contribution in [0.5, 0.6) is 0 Å². The van der Waals surface area contributed by atoms with Crippen LogP contribution in [0.15, 0.2) is 30.3 Å². The molecular weight excluding hydrogens is 262 g/mol. The number of benzene rings is 1. The van der Waals surface area contributed by atoms with Gasteiger partial charge in [0.05, 0.1) is 6.04 Å². The van der Waals surface area contributed by atoms with Crippen LogP contribution in [0.3, 0.4) is 0 Å². The van der Waals surface area contributed by atoms with Crippen LogP contribution in [-0.4, -0.2) is 6.54 Å². The third-order valence-corrected chi connectivity index (χ3v) is 4.51. The average Bonchev–Trinajstić information content (AvgIpc) is 2.66. The van der Waals surface area contributed by atoms with Crippen molar-refractivity contribution >= 4 is 22.9 Å². The van der Waals surface area contributed by atoms with E-state index < -0.39 is 0 Å². The Balaban J connectivity index is 2.39. The monoisotopic (exact) mass is 279 g/mol. The summed E-state index contributed by atoms with van der Waals surface area (Å²) in [7, 11) is 0. The van der Waals surface area contributed by atoms with Crippen LogP contribution in [0.2, 0.25) is 5.02 Å². The molecule has 1 N–H and O–H groups in total. The van der Waals surface area contributed by atoms with Gasteiger partial charge in [0.15, 0.2) is 0 Å². The van der Waals surface area contributed by atoms with E-state index in [0.717, 1.165) is 11.6 Å². The topological polar surface area (TPSA) is 12.0 Å². The van der Waals surface area contributed by atoms with Gasteiger partial charge in [-0.25, -0.2) is 0 Å². The van der Waals surface area contributed by atoms with E-state index >= 15 is 0 Å². The van der Waals surface area contributed by atoms with Gasteiger partial charge in [-0.2, -0.15) is 0 Å². The molecule has 0 saturated carbocycles. The van der Waals surface area contributed by atoms with Crippen LogP contribution in [0.4, 0.5) is 0 Å². The molecule has 2 rings (SSSR count). The van der Waals surface area contributed by atoms with Crippen molar-refractivity contribution in [2.75, 3.05) is 6.54 Å². The number of nitrogens with one attached hydrogen (secondary N) is 1. The van der Waals surface area contributed by atoms with Crippen LogP contribution >= 0.6 is 22.9 Å². The summed E-state index contributed by atoms with van der Waals surface area (Å²) in [6, 6.07) is 10.6. The molecule has 0 fully saturated rings. The first-order valence-corrected chi connectivity index (χ1v) is 7.37. The lowest BCUT2D eigenvalue weighted by molar-refractivity contribution is 0.639. The van der Waals surface area contributed by atoms with Gasteiger partial charge >= 0.3 is 0 Å². The minimum atomic E-state index is 0.242. The molecule has 96 valence electrons. The minimum absolute atomic E-state index is 0.242. The molecule has 18 heavy (non-hydrogen) atoms. The maximum absolute atomic E-state index is 6.09. The lowest BCUT2D eigenvalue weighted by Crippen LogP contribution is -2.21. The molecule has 0 aliphatic carbocycles. The van der Waals surface area contributed by atoms with Crippen molar-refractivity contribution in [2.24, 2.45) is 0 Å². The summed E-state index contributed by atoms with van der Waals surface area (Å²) in [4.78, 5) is 2.74. The summed E-state index contributed by atoms with van der Waals surface area (Å²) in [5.41, 5.74) is 2.59. The van der Waals surface area contributed by atoms with Crippen LogP contribution in [0, 0.1) is 13.8 Å². The largest absolute Gasteiger partial charge is 0.306 e. The third-order valence-electron chi connectivity index (χ3n) is 3.06. The SMILES string of the molecule is CCNC(c1cccc(Cl)c1)c1cc(C)c(C)s1. The van der Waals surface area contributed by atoms with E-state index in [1.165, 1.54) is 20.9 Å². The predicted octanol–water partition coefficient (Wildman–Crippen LogP) is 4.72. The number of rotatable bonds is 4. The lowest BCUT2D eigenvalue weighted by atomic mass is 10.0. The van der Waals surface area contributed by atoms with Gasteiger partial charge in [-0.1, -0.05) is 30.7 Å². The number of aryl methyl sites for hydroxylation is 2. The molecule has 0 bridgehead atoms. The van der Waals surface area contributed by atoms with Gasteiger partial charge in [-0.05, 0) is 49.7 Å². The lowest BCUT2D eigenvalue weighted by Gasteiger charge is -2.17. The molecule has 1 unspecified atom stereocenters.